The van der Waals surface area contributed by atoms with Gasteiger partial charge in [-0.2, -0.15) is 5.10 Å². The molecular weight excluding hydrogens is 254 g/mol. The summed E-state index contributed by atoms with van der Waals surface area (Å²) < 4.78 is 1.33. The minimum atomic E-state index is -0.298. The Hall–Kier alpha value is -2.69. The number of pyridine rings is 1. The zero-order valence-electron chi connectivity index (χ0n) is 11.2. The van der Waals surface area contributed by atoms with Gasteiger partial charge < -0.3 is 4.98 Å². The minimum absolute atomic E-state index is 0.294. The van der Waals surface area contributed by atoms with Gasteiger partial charge in [0.05, 0.1) is 11.3 Å². The number of aromatic nitrogens is 3. The van der Waals surface area contributed by atoms with Crippen LogP contribution >= 0.6 is 0 Å². The van der Waals surface area contributed by atoms with E-state index < -0.39 is 0 Å². The number of nitrogens with zero attached hydrogens (tertiary/aromatic N) is 2. The predicted octanol–water partition coefficient (Wildman–Crippen LogP) is 2.03. The summed E-state index contributed by atoms with van der Waals surface area (Å²) in [6.45, 7) is 3.64. The first-order valence-electron chi connectivity index (χ1n) is 6.26. The van der Waals surface area contributed by atoms with Crippen molar-refractivity contribution < 1.29 is 4.79 Å². The molecule has 0 spiro atoms. The molecule has 3 aromatic rings. The molecule has 0 unspecified atom stereocenters. The highest BCUT2D eigenvalue weighted by Crippen LogP contribution is 2.16. The van der Waals surface area contributed by atoms with Gasteiger partial charge in [0.1, 0.15) is 0 Å². The largest absolute Gasteiger partial charge is 0.322 e. The number of hydrogen-bond donors (Lipinski definition) is 1. The molecule has 2 heterocycles. The highest BCUT2D eigenvalue weighted by molar-refractivity contribution is 6.06. The molecule has 1 aromatic carbocycles. The first-order chi connectivity index (χ1) is 9.56. The van der Waals surface area contributed by atoms with E-state index in [4.69, 9.17) is 0 Å². The Morgan fingerprint density at radius 2 is 1.95 bits per heavy atom. The van der Waals surface area contributed by atoms with Crippen molar-refractivity contribution in [3.63, 3.8) is 0 Å². The van der Waals surface area contributed by atoms with E-state index >= 15 is 0 Å². The summed E-state index contributed by atoms with van der Waals surface area (Å²) in [5.41, 5.74) is 2.22. The molecule has 0 atom stereocenters. The highest BCUT2D eigenvalue weighted by Gasteiger charge is 2.16. The number of hydrogen-bond acceptors (Lipinski definition) is 3. The molecule has 2 aromatic heterocycles. The third kappa shape index (κ3) is 1.93. The fourth-order valence-corrected chi connectivity index (χ4v) is 2.33. The van der Waals surface area contributed by atoms with Crippen molar-refractivity contribution in [3.05, 3.63) is 63.7 Å². The van der Waals surface area contributed by atoms with Gasteiger partial charge in [-0.1, -0.05) is 18.2 Å². The molecule has 0 saturated carbocycles. The summed E-state index contributed by atoms with van der Waals surface area (Å²) in [6, 6.07) is 10.4. The van der Waals surface area contributed by atoms with E-state index in [0.717, 1.165) is 11.4 Å². The number of rotatable bonds is 1. The number of H-pyrrole nitrogens is 1. The quantitative estimate of drug-likeness (QED) is 0.733. The molecule has 0 saturated heterocycles. The number of carbonyl (C=O) groups excluding carboxylic acids is 1. The van der Waals surface area contributed by atoms with E-state index in [9.17, 15) is 9.59 Å². The summed E-state index contributed by atoms with van der Waals surface area (Å²) in [5.74, 6) is -0.294. The van der Waals surface area contributed by atoms with Crippen molar-refractivity contribution in [2.24, 2.45) is 0 Å². The van der Waals surface area contributed by atoms with Gasteiger partial charge in [0.15, 0.2) is 0 Å². The van der Waals surface area contributed by atoms with Gasteiger partial charge in [-0.3, -0.25) is 9.59 Å². The van der Waals surface area contributed by atoms with Gasteiger partial charge in [0.25, 0.3) is 5.91 Å². The Morgan fingerprint density at radius 3 is 2.65 bits per heavy atom. The average molecular weight is 267 g/mol. The van der Waals surface area contributed by atoms with Crippen molar-refractivity contribution in [2.75, 3.05) is 0 Å². The van der Waals surface area contributed by atoms with E-state index in [1.165, 1.54) is 10.7 Å². The Kier molecular flexibility index (Phi) is 2.75. The van der Waals surface area contributed by atoms with Gasteiger partial charge >= 0.3 is 0 Å². The van der Waals surface area contributed by atoms with Gasteiger partial charge in [-0.05, 0) is 26.0 Å². The van der Waals surface area contributed by atoms with Crippen LogP contribution in [0.2, 0.25) is 0 Å². The molecule has 1 N–H and O–H groups in total. The maximum Gasteiger partial charge on any atom is 0.279 e. The van der Waals surface area contributed by atoms with E-state index in [-0.39, 0.29) is 11.5 Å². The van der Waals surface area contributed by atoms with Crippen LogP contribution < -0.4 is 5.56 Å². The molecule has 0 aliphatic heterocycles. The van der Waals surface area contributed by atoms with E-state index in [2.05, 4.69) is 10.1 Å². The smallest absolute Gasteiger partial charge is 0.279 e. The van der Waals surface area contributed by atoms with E-state index in [0.29, 0.717) is 16.5 Å². The second kappa shape index (κ2) is 4.45. The van der Waals surface area contributed by atoms with Gasteiger partial charge in [0.2, 0.25) is 5.56 Å². The van der Waals surface area contributed by atoms with E-state index in [1.54, 1.807) is 6.07 Å². The van der Waals surface area contributed by atoms with Gasteiger partial charge in [-0.25, -0.2) is 4.68 Å². The Labute approximate surface area is 114 Å². The van der Waals surface area contributed by atoms with Crippen molar-refractivity contribution in [1.82, 2.24) is 14.8 Å². The number of para-hydroxylation sites is 1. The van der Waals surface area contributed by atoms with Crippen LogP contribution in [-0.2, 0) is 0 Å². The molecular formula is C15H13N3O2. The molecule has 20 heavy (non-hydrogen) atoms. The summed E-state index contributed by atoms with van der Waals surface area (Å²) in [5, 5.41) is 4.89. The maximum absolute atomic E-state index is 12.6. The second-order valence-electron chi connectivity index (χ2n) is 4.74. The standard InChI is InChI=1S/C15H13N3O2/c1-9-7-10(2)18(17-9)15(20)12-8-14(19)16-13-6-4-3-5-11(12)13/h3-8H,1-2H3,(H,16,19). The zero-order chi connectivity index (χ0) is 14.3. The van der Waals surface area contributed by atoms with E-state index in [1.807, 2.05) is 38.1 Å². The average Bonchev–Trinajstić information content (AvgIpc) is 2.76. The third-order valence-corrected chi connectivity index (χ3v) is 3.18. The Bertz CT molecular complexity index is 874. The van der Waals surface area contributed by atoms with Crippen LogP contribution in [0.3, 0.4) is 0 Å². The lowest BCUT2D eigenvalue weighted by Crippen LogP contribution is -2.19. The zero-order valence-corrected chi connectivity index (χ0v) is 11.2. The molecule has 5 nitrogen and oxygen atoms in total. The van der Waals surface area contributed by atoms with Crippen LogP contribution in [0.5, 0.6) is 0 Å². The Balaban J connectivity index is 2.26. The van der Waals surface area contributed by atoms with Crippen LogP contribution in [0.25, 0.3) is 10.9 Å². The summed E-state index contributed by atoms with van der Waals surface area (Å²) in [7, 11) is 0. The summed E-state index contributed by atoms with van der Waals surface area (Å²) in [4.78, 5) is 27.0. The highest BCUT2D eigenvalue weighted by atomic mass is 16.2. The lowest BCUT2D eigenvalue weighted by molar-refractivity contribution is 0.0944. The molecule has 0 fully saturated rings. The van der Waals surface area contributed by atoms with Gasteiger partial charge in [0, 0.05) is 22.7 Å². The molecule has 0 aliphatic carbocycles. The van der Waals surface area contributed by atoms with Crippen LogP contribution in [0.1, 0.15) is 21.7 Å². The lowest BCUT2D eigenvalue weighted by Gasteiger charge is -2.06. The van der Waals surface area contributed by atoms with Crippen LogP contribution in [0.15, 0.2) is 41.2 Å². The molecule has 100 valence electrons. The number of aryl methyl sites for hydroxylation is 2. The molecule has 0 aliphatic rings. The first kappa shape index (κ1) is 12.3. The second-order valence-corrected chi connectivity index (χ2v) is 4.74. The minimum Gasteiger partial charge on any atom is -0.322 e. The molecule has 0 amide bonds. The first-order valence-corrected chi connectivity index (χ1v) is 6.26. The normalized spacial score (nSPS) is 10.9. The SMILES string of the molecule is Cc1cc(C)n(C(=O)c2cc(=O)[nH]c3ccccc23)n1. The molecule has 0 bridgehead atoms. The van der Waals surface area contributed by atoms with Crippen LogP contribution in [0.4, 0.5) is 0 Å². The summed E-state index contributed by atoms with van der Waals surface area (Å²) >= 11 is 0. The molecule has 3 rings (SSSR count). The molecule has 0 radical (unpaired) electrons. The maximum atomic E-state index is 12.6. The van der Waals surface area contributed by atoms with Crippen molar-refractivity contribution in [1.29, 1.82) is 0 Å². The van der Waals surface area contributed by atoms with Gasteiger partial charge in [-0.15, -0.1) is 0 Å². The number of fused-ring (bicyclic) bond motifs is 1. The monoisotopic (exact) mass is 267 g/mol. The van der Waals surface area contributed by atoms with Crippen molar-refractivity contribution in [3.8, 4) is 0 Å². The fraction of sp³-hybridized carbons (Fsp3) is 0.133. The lowest BCUT2D eigenvalue weighted by atomic mass is 10.1. The van der Waals surface area contributed by atoms with Crippen molar-refractivity contribution >= 4 is 16.8 Å². The number of carbonyl (C=O) groups is 1. The van der Waals surface area contributed by atoms with Crippen LogP contribution in [-0.4, -0.2) is 20.7 Å². The number of nitrogens with one attached hydrogen (secondary N) is 1. The Morgan fingerprint density at radius 1 is 1.20 bits per heavy atom. The van der Waals surface area contributed by atoms with Crippen molar-refractivity contribution in [2.45, 2.75) is 13.8 Å². The molecule has 5 heteroatoms. The topological polar surface area (TPSA) is 67.8 Å². The summed E-state index contributed by atoms with van der Waals surface area (Å²) in [6.07, 6.45) is 0. The van der Waals surface area contributed by atoms with Crippen LogP contribution in [0, 0.1) is 13.8 Å². The third-order valence-electron chi connectivity index (χ3n) is 3.18. The predicted molar refractivity (Wildman–Crippen MR) is 76.0 cm³/mol. The number of aromatic amines is 1. The number of benzene rings is 1. The fourth-order valence-electron chi connectivity index (χ4n) is 2.33.